The predicted molar refractivity (Wildman–Crippen MR) is 85.1 cm³/mol. The highest BCUT2D eigenvalue weighted by Crippen LogP contribution is 2.32. The van der Waals surface area contributed by atoms with Gasteiger partial charge in [0.25, 0.3) is 0 Å². The molecule has 1 rings (SSSR count). The highest BCUT2D eigenvalue weighted by molar-refractivity contribution is 7.60. The van der Waals surface area contributed by atoms with Crippen LogP contribution in [0.3, 0.4) is 0 Å². The zero-order valence-corrected chi connectivity index (χ0v) is 13.5. The second kappa shape index (κ2) is 9.14. The molecule has 21 heavy (non-hydrogen) atoms. The first-order chi connectivity index (χ1) is 9.95. The minimum absolute atomic E-state index is 0.0424. The normalized spacial score (nSPS) is 11.6. The van der Waals surface area contributed by atoms with Crippen LogP contribution in [-0.4, -0.2) is 15.6 Å². The van der Waals surface area contributed by atoms with Gasteiger partial charge in [0.2, 0.25) is 0 Å². The lowest BCUT2D eigenvalue weighted by molar-refractivity contribution is 0.0979. The summed E-state index contributed by atoms with van der Waals surface area (Å²) >= 11 is 0. The molecule has 5 heteroatoms. The molecule has 1 aromatic carbocycles. The van der Waals surface area contributed by atoms with Crippen LogP contribution < -0.4 is 5.30 Å². The molecular formula is C16H25O4P. The second-order valence-electron chi connectivity index (χ2n) is 5.39. The molecule has 4 nitrogen and oxygen atoms in total. The Balaban J connectivity index is 2.31. The quantitative estimate of drug-likeness (QED) is 0.391. The number of benzene rings is 1. The number of ketones is 1. The standard InChI is InChI=1S/C16H25O4P/c1-2-3-4-5-6-7-8-9-16(17)14-10-12-15(13-11-14)21(18,19)20/h10-13H,2-9H2,1H3,(H2,18,19,20). The zero-order valence-electron chi connectivity index (χ0n) is 12.6. The van der Waals surface area contributed by atoms with Gasteiger partial charge >= 0.3 is 7.60 Å². The summed E-state index contributed by atoms with van der Waals surface area (Å²) < 4.78 is 11.0. The Morgan fingerprint density at radius 2 is 1.48 bits per heavy atom. The lowest BCUT2D eigenvalue weighted by atomic mass is 10.0. The van der Waals surface area contributed by atoms with Gasteiger partial charge in [-0.1, -0.05) is 57.6 Å². The van der Waals surface area contributed by atoms with E-state index in [0.29, 0.717) is 12.0 Å². The van der Waals surface area contributed by atoms with E-state index in [1.54, 1.807) is 0 Å². The van der Waals surface area contributed by atoms with Gasteiger partial charge in [-0.15, -0.1) is 0 Å². The molecule has 0 aliphatic rings. The zero-order chi connectivity index (χ0) is 15.7. The predicted octanol–water partition coefficient (Wildman–Crippen LogP) is 3.81. The van der Waals surface area contributed by atoms with Crippen molar-refractivity contribution in [3.8, 4) is 0 Å². The molecule has 0 aliphatic heterocycles. The van der Waals surface area contributed by atoms with Gasteiger partial charge in [0, 0.05) is 12.0 Å². The van der Waals surface area contributed by atoms with Gasteiger partial charge in [-0.05, 0) is 18.6 Å². The van der Waals surface area contributed by atoms with Crippen LogP contribution in [-0.2, 0) is 4.57 Å². The van der Waals surface area contributed by atoms with E-state index in [4.69, 9.17) is 9.79 Å². The van der Waals surface area contributed by atoms with E-state index in [1.165, 1.54) is 56.4 Å². The van der Waals surface area contributed by atoms with Crippen molar-refractivity contribution < 1.29 is 19.1 Å². The minimum Gasteiger partial charge on any atom is -0.321 e. The smallest absolute Gasteiger partial charge is 0.321 e. The van der Waals surface area contributed by atoms with E-state index in [0.717, 1.165) is 12.8 Å². The van der Waals surface area contributed by atoms with Gasteiger partial charge in [-0.3, -0.25) is 9.36 Å². The van der Waals surface area contributed by atoms with Crippen molar-refractivity contribution in [2.75, 3.05) is 0 Å². The summed E-state index contributed by atoms with van der Waals surface area (Å²) in [5.74, 6) is 0.0424. The highest BCUT2D eigenvalue weighted by Gasteiger charge is 2.17. The largest absolute Gasteiger partial charge is 0.356 e. The van der Waals surface area contributed by atoms with Gasteiger partial charge in [-0.2, -0.15) is 0 Å². The minimum atomic E-state index is -4.22. The molecule has 118 valence electrons. The molecule has 0 amide bonds. The average Bonchev–Trinajstić information content (AvgIpc) is 2.45. The first-order valence-electron chi connectivity index (χ1n) is 7.64. The van der Waals surface area contributed by atoms with Crippen molar-refractivity contribution in [1.29, 1.82) is 0 Å². The number of carbonyl (C=O) groups is 1. The fourth-order valence-electron chi connectivity index (χ4n) is 2.23. The summed E-state index contributed by atoms with van der Waals surface area (Å²) in [6.45, 7) is 2.19. The maximum absolute atomic E-state index is 11.9. The van der Waals surface area contributed by atoms with E-state index < -0.39 is 7.60 Å². The van der Waals surface area contributed by atoms with Crippen LogP contribution in [0.5, 0.6) is 0 Å². The van der Waals surface area contributed by atoms with Crippen LogP contribution in [0.25, 0.3) is 0 Å². The van der Waals surface area contributed by atoms with Crippen molar-refractivity contribution in [3.05, 3.63) is 29.8 Å². The van der Waals surface area contributed by atoms with Crippen LogP contribution in [0.4, 0.5) is 0 Å². The fraction of sp³-hybridized carbons (Fsp3) is 0.562. The Bertz CT molecular complexity index is 476. The second-order valence-corrected chi connectivity index (χ2v) is 6.99. The lowest BCUT2D eigenvalue weighted by Gasteiger charge is -2.05. The SMILES string of the molecule is CCCCCCCCCC(=O)c1ccc(P(=O)(O)O)cc1. The number of unbranched alkanes of at least 4 members (excludes halogenated alkanes) is 6. The van der Waals surface area contributed by atoms with E-state index in [9.17, 15) is 9.36 Å². The summed E-state index contributed by atoms with van der Waals surface area (Å²) in [4.78, 5) is 30.0. The van der Waals surface area contributed by atoms with Gasteiger partial charge < -0.3 is 9.79 Å². The fourth-order valence-corrected chi connectivity index (χ4v) is 2.77. The van der Waals surface area contributed by atoms with E-state index in [2.05, 4.69) is 6.92 Å². The Morgan fingerprint density at radius 1 is 0.952 bits per heavy atom. The Labute approximate surface area is 126 Å². The molecule has 0 spiro atoms. The third-order valence-electron chi connectivity index (χ3n) is 3.53. The van der Waals surface area contributed by atoms with Crippen molar-refractivity contribution in [2.24, 2.45) is 0 Å². The molecule has 0 aliphatic carbocycles. The molecule has 0 heterocycles. The number of carbonyl (C=O) groups excluding carboxylic acids is 1. The van der Waals surface area contributed by atoms with Crippen molar-refractivity contribution in [3.63, 3.8) is 0 Å². The molecule has 0 saturated heterocycles. The number of hydrogen-bond acceptors (Lipinski definition) is 2. The highest BCUT2D eigenvalue weighted by atomic mass is 31.2. The van der Waals surface area contributed by atoms with Crippen LogP contribution in [0.1, 0.15) is 68.6 Å². The van der Waals surface area contributed by atoms with Gasteiger partial charge in [0.05, 0.1) is 5.30 Å². The first kappa shape index (κ1) is 18.1. The average molecular weight is 312 g/mol. The number of Topliss-reactive ketones (excluding diaryl/α,β-unsaturated/α-hetero) is 1. The Hall–Kier alpha value is -0.960. The Kier molecular flexibility index (Phi) is 7.87. The van der Waals surface area contributed by atoms with Crippen molar-refractivity contribution in [1.82, 2.24) is 0 Å². The number of rotatable bonds is 10. The van der Waals surface area contributed by atoms with Gasteiger partial charge in [0.1, 0.15) is 0 Å². The van der Waals surface area contributed by atoms with Gasteiger partial charge in [-0.25, -0.2) is 0 Å². The molecule has 0 atom stereocenters. The summed E-state index contributed by atoms with van der Waals surface area (Å²) in [7, 11) is -4.22. The van der Waals surface area contributed by atoms with Gasteiger partial charge in [0.15, 0.2) is 5.78 Å². The lowest BCUT2D eigenvalue weighted by Crippen LogP contribution is -2.06. The molecule has 0 bridgehead atoms. The van der Waals surface area contributed by atoms with E-state index in [-0.39, 0.29) is 11.1 Å². The van der Waals surface area contributed by atoms with Crippen molar-refractivity contribution in [2.45, 2.75) is 58.3 Å². The third kappa shape index (κ3) is 7.03. The maximum atomic E-state index is 11.9. The summed E-state index contributed by atoms with van der Waals surface area (Å²) in [5, 5.41) is -0.0463. The van der Waals surface area contributed by atoms with Crippen LogP contribution >= 0.6 is 7.60 Å². The first-order valence-corrected chi connectivity index (χ1v) is 9.25. The number of hydrogen-bond donors (Lipinski definition) is 2. The van der Waals surface area contributed by atoms with E-state index >= 15 is 0 Å². The Morgan fingerprint density at radius 3 is 2.00 bits per heavy atom. The molecular weight excluding hydrogens is 287 g/mol. The van der Waals surface area contributed by atoms with Crippen LogP contribution in [0.15, 0.2) is 24.3 Å². The topological polar surface area (TPSA) is 74.6 Å². The molecule has 0 saturated carbocycles. The van der Waals surface area contributed by atoms with Crippen molar-refractivity contribution >= 4 is 18.7 Å². The summed E-state index contributed by atoms with van der Waals surface area (Å²) in [5.41, 5.74) is 0.526. The molecule has 0 unspecified atom stereocenters. The molecule has 0 aromatic heterocycles. The monoisotopic (exact) mass is 312 g/mol. The summed E-state index contributed by atoms with van der Waals surface area (Å²) in [6.07, 6.45) is 8.65. The molecule has 0 radical (unpaired) electrons. The molecule has 2 N–H and O–H groups in total. The maximum Gasteiger partial charge on any atom is 0.356 e. The molecule has 0 fully saturated rings. The summed E-state index contributed by atoms with van der Waals surface area (Å²) in [6, 6.07) is 5.66. The van der Waals surface area contributed by atoms with Crippen LogP contribution in [0, 0.1) is 0 Å². The third-order valence-corrected chi connectivity index (χ3v) is 4.50. The van der Waals surface area contributed by atoms with Crippen LogP contribution in [0.2, 0.25) is 0 Å². The molecule has 1 aromatic rings. The van der Waals surface area contributed by atoms with E-state index in [1.807, 2.05) is 0 Å².